The molecular weight excluding hydrogens is 546 g/mol. The molecule has 228 valence electrons. The number of benzene rings is 3. The Labute approximate surface area is 252 Å². The highest BCUT2D eigenvalue weighted by atomic mass is 16.5. The van der Waals surface area contributed by atoms with Gasteiger partial charge in [0.15, 0.2) is 11.5 Å². The van der Waals surface area contributed by atoms with Gasteiger partial charge in [0.1, 0.15) is 12.4 Å². The lowest BCUT2D eigenvalue weighted by molar-refractivity contribution is -0.110. The first-order chi connectivity index (χ1) is 20.7. The van der Waals surface area contributed by atoms with Crippen LogP contribution in [0, 0.1) is 0 Å². The number of fused-ring (bicyclic) bond motifs is 1. The lowest BCUT2D eigenvalue weighted by atomic mass is 9.85. The molecule has 5 rings (SSSR count). The number of nitrogens with zero attached hydrogens (tertiary/aromatic N) is 2. The van der Waals surface area contributed by atoms with Gasteiger partial charge in [-0.25, -0.2) is 0 Å². The zero-order valence-corrected chi connectivity index (χ0v) is 25.4. The molecule has 2 aliphatic rings. The Kier molecular flexibility index (Phi) is 9.17. The molecule has 1 heterocycles. The summed E-state index contributed by atoms with van der Waals surface area (Å²) in [6.45, 7) is 10.7. The van der Waals surface area contributed by atoms with Crippen LogP contribution in [-0.2, 0) is 14.9 Å². The Morgan fingerprint density at radius 3 is 2.42 bits per heavy atom. The molecule has 0 unspecified atom stereocenters. The molecule has 4 N–H and O–H groups in total. The van der Waals surface area contributed by atoms with E-state index in [2.05, 4.69) is 20.6 Å². The summed E-state index contributed by atoms with van der Waals surface area (Å²) >= 11 is 0. The molecule has 10 heteroatoms. The SMILES string of the molecule is COc1c(NC(=O)C(=NN)c2ccc(OCCN3CCOCC3)c3ccccc23)cc(C(C)(C)C)cc1C(=O)NC1CC1. The molecule has 2 fully saturated rings. The summed E-state index contributed by atoms with van der Waals surface area (Å²) in [6.07, 6.45) is 1.91. The topological polar surface area (TPSA) is 128 Å². The molecular formula is C33H41N5O5. The number of carbonyl (C=O) groups is 2. The summed E-state index contributed by atoms with van der Waals surface area (Å²) < 4.78 is 17.3. The van der Waals surface area contributed by atoms with E-state index in [-0.39, 0.29) is 28.8 Å². The number of rotatable bonds is 10. The van der Waals surface area contributed by atoms with Crippen LogP contribution in [0.3, 0.4) is 0 Å². The predicted molar refractivity (Wildman–Crippen MR) is 168 cm³/mol. The summed E-state index contributed by atoms with van der Waals surface area (Å²) in [4.78, 5) is 29.3. The Morgan fingerprint density at radius 2 is 1.77 bits per heavy atom. The second-order valence-electron chi connectivity index (χ2n) is 12.0. The maximum absolute atomic E-state index is 13.8. The summed E-state index contributed by atoms with van der Waals surface area (Å²) in [5.74, 6) is 6.09. The van der Waals surface area contributed by atoms with Gasteiger partial charge in [0.05, 0.1) is 31.6 Å². The van der Waals surface area contributed by atoms with Gasteiger partial charge in [0.2, 0.25) is 0 Å². The van der Waals surface area contributed by atoms with Crippen molar-refractivity contribution in [3.05, 3.63) is 65.2 Å². The van der Waals surface area contributed by atoms with Crippen LogP contribution in [0.25, 0.3) is 10.8 Å². The molecule has 0 radical (unpaired) electrons. The first kappa shape index (κ1) is 30.3. The van der Waals surface area contributed by atoms with Crippen molar-refractivity contribution >= 4 is 34.0 Å². The van der Waals surface area contributed by atoms with E-state index in [1.807, 2.05) is 63.2 Å². The smallest absolute Gasteiger partial charge is 0.276 e. The molecule has 10 nitrogen and oxygen atoms in total. The standard InChI is InChI=1S/C33H41N5O5/c1-33(2,3)21-19-26(31(39)35-22-9-10-22)30(41-4)27(20-21)36-32(40)29(37-34)25-11-12-28(24-8-6-5-7-23(24)25)43-18-15-38-13-16-42-17-14-38/h5-8,11-12,19-20,22H,9-10,13-18,34H2,1-4H3,(H,35,39)(H,36,40). The number of hydrogen-bond acceptors (Lipinski definition) is 8. The van der Waals surface area contributed by atoms with Crippen LogP contribution in [0.2, 0.25) is 0 Å². The lowest BCUT2D eigenvalue weighted by Gasteiger charge is -2.26. The lowest BCUT2D eigenvalue weighted by Crippen LogP contribution is -2.38. The van der Waals surface area contributed by atoms with E-state index >= 15 is 0 Å². The predicted octanol–water partition coefficient (Wildman–Crippen LogP) is 4.05. The van der Waals surface area contributed by atoms with Crippen molar-refractivity contribution in [1.82, 2.24) is 10.2 Å². The van der Waals surface area contributed by atoms with Crippen LogP contribution in [-0.4, -0.2) is 75.0 Å². The number of hydrogen-bond donors (Lipinski definition) is 3. The number of ether oxygens (including phenoxy) is 3. The first-order valence-electron chi connectivity index (χ1n) is 14.8. The zero-order valence-electron chi connectivity index (χ0n) is 25.4. The molecule has 0 spiro atoms. The number of carbonyl (C=O) groups excluding carboxylic acids is 2. The Balaban J connectivity index is 1.42. The van der Waals surface area contributed by atoms with Crippen molar-refractivity contribution in [2.24, 2.45) is 10.9 Å². The van der Waals surface area contributed by atoms with Gasteiger partial charge in [-0.05, 0) is 53.5 Å². The minimum absolute atomic E-state index is 0.0447. The number of hydrazone groups is 1. The second-order valence-corrected chi connectivity index (χ2v) is 12.0. The monoisotopic (exact) mass is 587 g/mol. The molecule has 1 aliphatic carbocycles. The highest BCUT2D eigenvalue weighted by Gasteiger charge is 2.29. The van der Waals surface area contributed by atoms with Crippen molar-refractivity contribution in [2.45, 2.75) is 45.1 Å². The molecule has 2 amide bonds. The maximum atomic E-state index is 13.8. The number of nitrogens with two attached hydrogens (primary N) is 1. The molecule has 1 saturated carbocycles. The van der Waals surface area contributed by atoms with Crippen LogP contribution in [0.15, 0.2) is 53.6 Å². The van der Waals surface area contributed by atoms with Gasteiger partial charge in [-0.3, -0.25) is 14.5 Å². The fourth-order valence-corrected chi connectivity index (χ4v) is 5.18. The van der Waals surface area contributed by atoms with Crippen molar-refractivity contribution in [2.75, 3.05) is 51.9 Å². The molecule has 1 saturated heterocycles. The summed E-state index contributed by atoms with van der Waals surface area (Å²) in [5.41, 5.74) is 1.93. The minimum Gasteiger partial charge on any atom is -0.494 e. The third-order valence-corrected chi connectivity index (χ3v) is 7.82. The van der Waals surface area contributed by atoms with E-state index in [4.69, 9.17) is 20.1 Å². The van der Waals surface area contributed by atoms with E-state index in [9.17, 15) is 9.59 Å². The number of amides is 2. The van der Waals surface area contributed by atoms with Gasteiger partial charge < -0.3 is 30.7 Å². The Hall–Kier alpha value is -4.15. The van der Waals surface area contributed by atoms with Gasteiger partial charge >= 0.3 is 0 Å². The van der Waals surface area contributed by atoms with Crippen LogP contribution < -0.4 is 25.9 Å². The van der Waals surface area contributed by atoms with Gasteiger partial charge in [-0.15, -0.1) is 0 Å². The van der Waals surface area contributed by atoms with Crippen molar-refractivity contribution < 1.29 is 23.8 Å². The van der Waals surface area contributed by atoms with Crippen molar-refractivity contribution in [1.29, 1.82) is 0 Å². The summed E-state index contributed by atoms with van der Waals surface area (Å²) in [7, 11) is 1.49. The van der Waals surface area contributed by atoms with Crippen molar-refractivity contribution in [3.63, 3.8) is 0 Å². The number of anilines is 1. The maximum Gasteiger partial charge on any atom is 0.276 e. The Bertz CT molecular complexity index is 1520. The summed E-state index contributed by atoms with van der Waals surface area (Å²) in [6, 6.07) is 15.2. The second kappa shape index (κ2) is 13.0. The number of morpholine rings is 1. The first-order valence-corrected chi connectivity index (χ1v) is 14.8. The van der Waals surface area contributed by atoms with E-state index in [0.717, 1.165) is 67.8 Å². The number of nitrogens with one attached hydrogen (secondary N) is 2. The average molecular weight is 588 g/mol. The highest BCUT2D eigenvalue weighted by Crippen LogP contribution is 2.36. The van der Waals surface area contributed by atoms with Gasteiger partial charge in [0.25, 0.3) is 11.8 Å². The van der Waals surface area contributed by atoms with Gasteiger partial charge in [-0.2, -0.15) is 5.10 Å². The molecule has 3 aromatic rings. The molecule has 0 atom stereocenters. The quantitative estimate of drug-likeness (QED) is 0.186. The largest absolute Gasteiger partial charge is 0.494 e. The molecule has 1 aliphatic heterocycles. The summed E-state index contributed by atoms with van der Waals surface area (Å²) in [5, 5.41) is 11.5. The van der Waals surface area contributed by atoms with Crippen LogP contribution in [0.1, 0.15) is 55.1 Å². The minimum atomic E-state index is -0.522. The molecule has 0 bridgehead atoms. The molecule has 3 aromatic carbocycles. The average Bonchev–Trinajstić information content (AvgIpc) is 3.82. The van der Waals surface area contributed by atoms with Crippen LogP contribution in [0.4, 0.5) is 5.69 Å². The Morgan fingerprint density at radius 1 is 1.05 bits per heavy atom. The van der Waals surface area contributed by atoms with E-state index in [0.29, 0.717) is 23.4 Å². The third kappa shape index (κ3) is 7.09. The van der Waals surface area contributed by atoms with Gasteiger partial charge in [-0.1, -0.05) is 45.0 Å². The van der Waals surface area contributed by atoms with Crippen LogP contribution >= 0.6 is 0 Å². The van der Waals surface area contributed by atoms with Crippen LogP contribution in [0.5, 0.6) is 11.5 Å². The highest BCUT2D eigenvalue weighted by molar-refractivity contribution is 6.50. The normalized spacial score (nSPS) is 16.1. The van der Waals surface area contributed by atoms with Crippen molar-refractivity contribution in [3.8, 4) is 11.5 Å². The number of methoxy groups -OCH3 is 1. The van der Waals surface area contributed by atoms with E-state index < -0.39 is 5.91 Å². The van der Waals surface area contributed by atoms with E-state index in [1.54, 1.807) is 6.07 Å². The molecule has 43 heavy (non-hydrogen) atoms. The molecule has 0 aromatic heterocycles. The van der Waals surface area contributed by atoms with E-state index in [1.165, 1.54) is 7.11 Å². The fourth-order valence-electron chi connectivity index (χ4n) is 5.18. The fraction of sp³-hybridized carbons (Fsp3) is 0.424. The zero-order chi connectivity index (χ0) is 30.6. The third-order valence-electron chi connectivity index (χ3n) is 7.82. The van der Waals surface area contributed by atoms with Gasteiger partial charge in [0, 0.05) is 36.6 Å².